The Balaban J connectivity index is 0.910. The molecular weight excluding hydrogens is 816 g/mol. The van der Waals surface area contributed by atoms with E-state index in [1.54, 1.807) is 11.1 Å². The third-order valence-corrected chi connectivity index (χ3v) is 23.9. The topological polar surface area (TPSA) is 50.8 Å². The van der Waals surface area contributed by atoms with Crippen LogP contribution in [0.2, 0.25) is 0 Å². The van der Waals surface area contributed by atoms with E-state index in [-0.39, 0.29) is 23.0 Å². The van der Waals surface area contributed by atoms with E-state index in [4.69, 9.17) is 9.05 Å². The van der Waals surface area contributed by atoms with Crippen LogP contribution in [0.25, 0.3) is 0 Å². The highest BCUT2D eigenvalue weighted by molar-refractivity contribution is 7.51. The molecule has 0 aromatic carbocycles. The van der Waals surface area contributed by atoms with Gasteiger partial charge in [-0.1, -0.05) is 131 Å². The summed E-state index contributed by atoms with van der Waals surface area (Å²) in [5.41, 5.74) is 4.74. The van der Waals surface area contributed by atoms with E-state index in [1.807, 2.05) is 0 Å². The molecular formula is C59H103N2O3P. The molecule has 8 aliphatic carbocycles. The van der Waals surface area contributed by atoms with E-state index in [0.29, 0.717) is 17.4 Å². The number of fused-ring (bicyclic) bond motifs is 10. The van der Waals surface area contributed by atoms with E-state index in [1.165, 1.54) is 103 Å². The van der Waals surface area contributed by atoms with Gasteiger partial charge in [-0.2, -0.15) is 0 Å². The second kappa shape index (κ2) is 20.3. The lowest BCUT2D eigenvalue weighted by Gasteiger charge is -2.59. The third-order valence-electron chi connectivity index (χ3n) is 22.2. The predicted molar refractivity (Wildman–Crippen MR) is 275 cm³/mol. The molecule has 0 spiro atoms. The molecule has 372 valence electrons. The fourth-order valence-corrected chi connectivity index (χ4v) is 20.4. The summed E-state index contributed by atoms with van der Waals surface area (Å²) < 4.78 is 29.0. The van der Waals surface area contributed by atoms with Crippen molar-refractivity contribution < 1.29 is 13.6 Å². The Hall–Kier alpha value is -0.450. The van der Waals surface area contributed by atoms with Crippen LogP contribution in [-0.2, 0) is 13.6 Å². The first kappa shape index (κ1) is 50.9. The van der Waals surface area contributed by atoms with Crippen molar-refractivity contribution in [1.82, 2.24) is 9.99 Å². The Bertz CT molecular complexity index is 1610. The van der Waals surface area contributed by atoms with Crippen molar-refractivity contribution >= 4 is 7.75 Å². The smallest absolute Gasteiger partial charge is 0.309 e. The fraction of sp³-hybridized carbons (Fsp3) is 0.932. The zero-order valence-corrected chi connectivity index (χ0v) is 45.4. The molecule has 6 heteroatoms. The summed E-state index contributed by atoms with van der Waals surface area (Å²) in [7, 11) is 0.699. The molecule has 0 saturated heterocycles. The summed E-state index contributed by atoms with van der Waals surface area (Å²) in [5, 5.41) is 3.47. The van der Waals surface area contributed by atoms with Gasteiger partial charge in [-0.15, -0.1) is 0 Å². The van der Waals surface area contributed by atoms with Gasteiger partial charge in [-0.25, -0.2) is 9.65 Å². The first-order valence-electron chi connectivity index (χ1n) is 28.6. The van der Waals surface area contributed by atoms with Crippen LogP contribution >= 0.6 is 7.75 Å². The van der Waals surface area contributed by atoms with Crippen LogP contribution < -0.4 is 5.09 Å². The van der Waals surface area contributed by atoms with Crippen LogP contribution in [0, 0.1) is 92.7 Å². The molecule has 65 heavy (non-hydrogen) atoms. The lowest BCUT2D eigenvalue weighted by Crippen LogP contribution is -2.51. The lowest BCUT2D eigenvalue weighted by atomic mass is 9.47. The van der Waals surface area contributed by atoms with Crippen molar-refractivity contribution in [2.24, 2.45) is 92.7 Å². The fourth-order valence-electron chi connectivity index (χ4n) is 18.6. The van der Waals surface area contributed by atoms with Crippen LogP contribution in [0.15, 0.2) is 23.3 Å². The third kappa shape index (κ3) is 10.2. The van der Waals surface area contributed by atoms with Gasteiger partial charge in [0.05, 0.1) is 12.2 Å². The zero-order chi connectivity index (χ0) is 46.5. The quantitative estimate of drug-likeness (QED) is 0.0795. The van der Waals surface area contributed by atoms with Crippen LogP contribution in [0.1, 0.15) is 217 Å². The molecule has 0 bridgehead atoms. The van der Waals surface area contributed by atoms with E-state index in [0.717, 1.165) is 123 Å². The predicted octanol–water partition coefficient (Wildman–Crippen LogP) is 16.5. The van der Waals surface area contributed by atoms with Gasteiger partial charge in [-0.05, 0) is 222 Å². The minimum atomic E-state index is -3.54. The normalized spacial score (nSPS) is 43.1. The Kier molecular flexibility index (Phi) is 15.9. The van der Waals surface area contributed by atoms with Crippen molar-refractivity contribution in [3.8, 4) is 0 Å². The van der Waals surface area contributed by atoms with Gasteiger partial charge in [0.2, 0.25) is 0 Å². The molecule has 0 radical (unpaired) electrons. The van der Waals surface area contributed by atoms with Crippen molar-refractivity contribution in [1.29, 1.82) is 0 Å². The second-order valence-electron chi connectivity index (χ2n) is 27.1. The van der Waals surface area contributed by atoms with Gasteiger partial charge in [0, 0.05) is 6.54 Å². The largest absolute Gasteiger partial charge is 0.406 e. The van der Waals surface area contributed by atoms with Crippen LogP contribution in [0.5, 0.6) is 0 Å². The first-order valence-corrected chi connectivity index (χ1v) is 30.1. The summed E-state index contributed by atoms with van der Waals surface area (Å²) in [6.45, 7) is 27.0. The average Bonchev–Trinajstić information content (AvgIpc) is 3.79. The Morgan fingerprint density at radius 3 is 1.46 bits per heavy atom. The highest BCUT2D eigenvalue weighted by Crippen LogP contribution is 2.70. The van der Waals surface area contributed by atoms with Gasteiger partial charge >= 0.3 is 7.75 Å². The molecule has 0 heterocycles. The SMILES string of the molecule is CC(C)CCC[C@@H](C)[C@H]1CC[C@H]2[C@@H]3CC=C4CC(OP(=O)(NCCCN(C)C)O[C@H]5CC[C@@]6(C)C(=CC[C@H]7[C@@H]8CC[C@H]([C@H](C)CCCC(C)C)[C@@]8(C)CC[C@@H]76)C5)CC[C@]4(C)[C@H]3CC[C@]12C. The summed E-state index contributed by atoms with van der Waals surface area (Å²) in [4.78, 5) is 2.21. The van der Waals surface area contributed by atoms with E-state index in [2.05, 4.69) is 105 Å². The molecule has 1 N–H and O–H groups in total. The number of rotatable bonds is 19. The maximum absolute atomic E-state index is 15.2. The van der Waals surface area contributed by atoms with Crippen molar-refractivity contribution in [3.63, 3.8) is 0 Å². The zero-order valence-electron chi connectivity index (χ0n) is 44.5. The number of nitrogens with one attached hydrogen (secondary N) is 1. The maximum atomic E-state index is 15.2. The van der Waals surface area contributed by atoms with Crippen molar-refractivity contribution in [3.05, 3.63) is 23.3 Å². The Labute approximate surface area is 402 Å². The molecule has 0 amide bonds. The molecule has 0 aromatic rings. The van der Waals surface area contributed by atoms with Gasteiger partial charge in [0.25, 0.3) is 0 Å². The minimum absolute atomic E-state index is 0.0531. The summed E-state index contributed by atoms with van der Waals surface area (Å²) in [6.07, 6.45) is 34.5. The van der Waals surface area contributed by atoms with Crippen LogP contribution in [-0.4, -0.2) is 44.3 Å². The monoisotopic (exact) mass is 919 g/mol. The highest BCUT2D eigenvalue weighted by Gasteiger charge is 2.61. The average molecular weight is 919 g/mol. The molecule has 8 rings (SSSR count). The molecule has 5 nitrogen and oxygen atoms in total. The van der Waals surface area contributed by atoms with Crippen LogP contribution in [0.3, 0.4) is 0 Å². The molecule has 6 saturated carbocycles. The molecule has 6 fully saturated rings. The number of hydrogen-bond acceptors (Lipinski definition) is 4. The van der Waals surface area contributed by atoms with Crippen LogP contribution in [0.4, 0.5) is 0 Å². The van der Waals surface area contributed by atoms with E-state index < -0.39 is 7.75 Å². The second-order valence-corrected chi connectivity index (χ2v) is 28.8. The van der Waals surface area contributed by atoms with Gasteiger partial charge in [0.15, 0.2) is 0 Å². The van der Waals surface area contributed by atoms with Gasteiger partial charge in [-0.3, -0.25) is 9.05 Å². The van der Waals surface area contributed by atoms with Crippen molar-refractivity contribution in [2.75, 3.05) is 27.2 Å². The van der Waals surface area contributed by atoms with E-state index in [9.17, 15) is 0 Å². The maximum Gasteiger partial charge on any atom is 0.406 e. The lowest BCUT2D eigenvalue weighted by molar-refractivity contribution is -0.0598. The number of allylic oxidation sites excluding steroid dienone is 2. The summed E-state index contributed by atoms with van der Waals surface area (Å²) in [5.74, 6) is 10.1. The minimum Gasteiger partial charge on any atom is -0.309 e. The summed E-state index contributed by atoms with van der Waals surface area (Å²) in [6, 6.07) is 0. The molecule has 0 aromatic heterocycles. The Morgan fingerprint density at radius 1 is 0.600 bits per heavy atom. The van der Waals surface area contributed by atoms with E-state index >= 15 is 4.57 Å². The standard InChI is InChI=1S/C59H103N2O3P/c1-40(2)16-13-18-42(5)50-24-26-52-48-22-20-44-38-46(28-32-56(44,7)54(48)30-34-58(50,52)9)63-65(62,60-36-15-37-61(11)12)64-47-29-33-57(8)45(39-47)21-23-49-53-27-25-51(43(6)19-14-17-41(3)4)59(53,10)35-31-55(49)57/h20-21,40-43,46-55H,13-19,22-39H2,1-12H3,(H,60,62)/t42-,43-,46+,47?,48+,49+,50-,51-,52+,53+,54+,55+,56+,57+,58-,59-,65?/m1/s1. The molecule has 17 atom stereocenters. The van der Waals surface area contributed by atoms with Gasteiger partial charge < -0.3 is 4.90 Å². The number of hydrogen-bond donors (Lipinski definition) is 1. The Morgan fingerprint density at radius 2 is 1.05 bits per heavy atom. The first-order chi connectivity index (χ1) is 30.8. The van der Waals surface area contributed by atoms with Crippen molar-refractivity contribution in [2.45, 2.75) is 229 Å². The summed E-state index contributed by atoms with van der Waals surface area (Å²) >= 11 is 0. The molecule has 2 unspecified atom stereocenters. The molecule has 8 aliphatic rings. The molecule has 0 aliphatic heterocycles. The highest BCUT2D eigenvalue weighted by atomic mass is 31.2. The number of nitrogens with zero attached hydrogens (tertiary/aromatic N) is 1. The van der Waals surface area contributed by atoms with Gasteiger partial charge in [0.1, 0.15) is 0 Å².